The Labute approximate surface area is 60.8 Å². The van der Waals surface area contributed by atoms with Crippen LogP contribution in [0.25, 0.3) is 0 Å². The monoisotopic (exact) mass is 135 g/mol. The van der Waals surface area contributed by atoms with Crippen molar-refractivity contribution >= 4 is 11.4 Å². The first kappa shape index (κ1) is 6.93. The Hall–Kier alpha value is -1.18. The molecule has 0 aliphatic rings. The summed E-state index contributed by atoms with van der Waals surface area (Å²) < 4.78 is 0. The van der Waals surface area contributed by atoms with Gasteiger partial charge in [0.15, 0.2) is 0 Å². The van der Waals surface area contributed by atoms with Crippen molar-refractivity contribution in [3.05, 3.63) is 23.3 Å². The van der Waals surface area contributed by atoms with E-state index in [2.05, 4.69) is 0 Å². The summed E-state index contributed by atoms with van der Waals surface area (Å²) in [5.74, 6) is 0. The summed E-state index contributed by atoms with van der Waals surface area (Å²) in [4.78, 5) is 0. The number of nitrogen functional groups attached to an aromatic ring is 1. The number of nitrogens with two attached hydrogens (primary N) is 1. The van der Waals surface area contributed by atoms with Crippen LogP contribution in [0.4, 0.5) is 11.4 Å². The van der Waals surface area contributed by atoms with E-state index in [9.17, 15) is 0 Å². The molecule has 0 amide bonds. The molecule has 0 saturated carbocycles. The number of nitrogens with one attached hydrogen (secondary N) is 1. The molecule has 53 valence electrons. The molecule has 1 aromatic carbocycles. The maximum Gasteiger partial charge on any atom is 0.0772 e. The van der Waals surface area contributed by atoms with Crippen molar-refractivity contribution in [1.82, 2.24) is 5.73 Å². The molecule has 0 fully saturated rings. The Bertz CT molecular complexity index is 203. The Kier molecular flexibility index (Phi) is 1.53. The van der Waals surface area contributed by atoms with Crippen LogP contribution in [0.5, 0.6) is 0 Å². The highest BCUT2D eigenvalue weighted by molar-refractivity contribution is 5.63. The smallest absolute Gasteiger partial charge is 0.0772 e. The minimum atomic E-state index is 0.420. The molecule has 2 nitrogen and oxygen atoms in total. The van der Waals surface area contributed by atoms with Crippen molar-refractivity contribution in [2.45, 2.75) is 13.8 Å². The van der Waals surface area contributed by atoms with Gasteiger partial charge >= 0.3 is 0 Å². The number of benzene rings is 1. The third-order valence-electron chi connectivity index (χ3n) is 1.67. The first-order valence-corrected chi connectivity index (χ1v) is 3.19. The van der Waals surface area contributed by atoms with Crippen LogP contribution in [0.15, 0.2) is 12.1 Å². The zero-order valence-electron chi connectivity index (χ0n) is 6.23. The number of rotatable bonds is 0. The third kappa shape index (κ3) is 1.05. The van der Waals surface area contributed by atoms with Crippen LogP contribution in [-0.4, -0.2) is 0 Å². The first-order chi connectivity index (χ1) is 4.61. The summed E-state index contributed by atoms with van der Waals surface area (Å²) in [5.41, 5.74) is 16.1. The van der Waals surface area contributed by atoms with Crippen molar-refractivity contribution in [1.29, 1.82) is 0 Å². The van der Waals surface area contributed by atoms with Crippen molar-refractivity contribution in [3.63, 3.8) is 0 Å². The predicted molar refractivity (Wildman–Crippen MR) is 43.1 cm³/mol. The average molecular weight is 135 g/mol. The van der Waals surface area contributed by atoms with Crippen LogP contribution in [0, 0.1) is 13.8 Å². The summed E-state index contributed by atoms with van der Waals surface area (Å²) in [7, 11) is 0. The van der Waals surface area contributed by atoms with Gasteiger partial charge in [0.1, 0.15) is 0 Å². The Morgan fingerprint density at radius 2 is 1.70 bits per heavy atom. The summed E-state index contributed by atoms with van der Waals surface area (Å²) in [6.45, 7) is 3.97. The molecule has 0 saturated heterocycles. The van der Waals surface area contributed by atoms with Crippen LogP contribution in [0.1, 0.15) is 11.1 Å². The molecule has 1 aromatic rings. The average Bonchev–Trinajstić information content (AvgIpc) is 1.84. The van der Waals surface area contributed by atoms with Crippen molar-refractivity contribution < 1.29 is 0 Å². The fraction of sp³-hybridized carbons (Fsp3) is 0.250. The molecule has 0 unspecified atom stereocenters. The van der Waals surface area contributed by atoms with Gasteiger partial charge in [0.05, 0.1) is 11.4 Å². The van der Waals surface area contributed by atoms with Gasteiger partial charge in [-0.15, -0.1) is 0 Å². The summed E-state index contributed by atoms with van der Waals surface area (Å²) >= 11 is 0. The lowest BCUT2D eigenvalue weighted by molar-refractivity contribution is 1.32. The normalized spacial score (nSPS) is 9.80. The number of hydrogen-bond acceptors (Lipinski definition) is 1. The van der Waals surface area contributed by atoms with Gasteiger partial charge in [-0.3, -0.25) is 5.73 Å². The Morgan fingerprint density at radius 1 is 1.20 bits per heavy atom. The standard InChI is InChI=1S/C8H11N2/c1-5-3-7(9)8(10)4-6(5)2/h3-4,9H,10H2,1-2H3. The molecule has 0 heterocycles. The fourth-order valence-corrected chi connectivity index (χ4v) is 0.839. The molecular weight excluding hydrogens is 124 g/mol. The lowest BCUT2D eigenvalue weighted by Crippen LogP contribution is -1.90. The van der Waals surface area contributed by atoms with Crippen LogP contribution in [0.2, 0.25) is 0 Å². The largest absolute Gasteiger partial charge is 0.397 e. The molecule has 1 radical (unpaired) electrons. The second kappa shape index (κ2) is 2.21. The van der Waals surface area contributed by atoms with E-state index in [0.29, 0.717) is 11.4 Å². The van der Waals surface area contributed by atoms with Crippen LogP contribution in [-0.2, 0) is 0 Å². The van der Waals surface area contributed by atoms with Gasteiger partial charge in [-0.25, -0.2) is 0 Å². The second-order valence-electron chi connectivity index (χ2n) is 2.52. The summed E-state index contributed by atoms with van der Waals surface area (Å²) in [6, 6.07) is 3.61. The van der Waals surface area contributed by atoms with Gasteiger partial charge in [-0.2, -0.15) is 0 Å². The minimum absolute atomic E-state index is 0.420. The number of anilines is 1. The Balaban J connectivity index is 3.28. The number of aryl methyl sites for hydroxylation is 2. The van der Waals surface area contributed by atoms with E-state index < -0.39 is 0 Å². The number of hydrogen-bond donors (Lipinski definition) is 1. The van der Waals surface area contributed by atoms with E-state index in [1.165, 1.54) is 0 Å². The Morgan fingerprint density at radius 3 is 2.20 bits per heavy atom. The second-order valence-corrected chi connectivity index (χ2v) is 2.52. The van der Waals surface area contributed by atoms with Crippen LogP contribution in [0.3, 0.4) is 0 Å². The maximum atomic E-state index is 7.33. The van der Waals surface area contributed by atoms with E-state index in [4.69, 9.17) is 11.5 Å². The molecule has 0 aliphatic heterocycles. The molecular formula is C8H11N2. The van der Waals surface area contributed by atoms with Gasteiger partial charge in [0, 0.05) is 0 Å². The van der Waals surface area contributed by atoms with Crippen LogP contribution < -0.4 is 11.5 Å². The molecule has 0 aliphatic carbocycles. The summed E-state index contributed by atoms with van der Waals surface area (Å²) in [6.07, 6.45) is 0. The van der Waals surface area contributed by atoms with Crippen molar-refractivity contribution in [2.75, 3.05) is 5.73 Å². The molecule has 3 N–H and O–H groups in total. The van der Waals surface area contributed by atoms with Crippen LogP contribution >= 0.6 is 0 Å². The fourth-order valence-electron chi connectivity index (χ4n) is 0.839. The first-order valence-electron chi connectivity index (χ1n) is 3.19. The molecule has 1 rings (SSSR count). The molecule has 0 aromatic heterocycles. The highest BCUT2D eigenvalue weighted by atomic mass is 14.7. The highest BCUT2D eigenvalue weighted by Gasteiger charge is 1.97. The molecule has 2 heteroatoms. The highest BCUT2D eigenvalue weighted by Crippen LogP contribution is 2.20. The SMILES string of the molecule is Cc1cc([NH])c(N)cc1C. The van der Waals surface area contributed by atoms with E-state index >= 15 is 0 Å². The zero-order valence-corrected chi connectivity index (χ0v) is 6.23. The van der Waals surface area contributed by atoms with E-state index in [1.54, 1.807) is 6.07 Å². The summed E-state index contributed by atoms with van der Waals surface area (Å²) in [5, 5.41) is 0. The van der Waals surface area contributed by atoms with Gasteiger partial charge < -0.3 is 5.73 Å². The maximum absolute atomic E-state index is 7.33. The molecule has 0 bridgehead atoms. The van der Waals surface area contributed by atoms with Crippen molar-refractivity contribution in [2.24, 2.45) is 0 Å². The molecule has 0 atom stereocenters. The molecule has 0 spiro atoms. The minimum Gasteiger partial charge on any atom is -0.397 e. The van der Waals surface area contributed by atoms with Gasteiger partial charge in [-0.1, -0.05) is 0 Å². The van der Waals surface area contributed by atoms with E-state index in [0.717, 1.165) is 11.1 Å². The van der Waals surface area contributed by atoms with E-state index in [-0.39, 0.29) is 0 Å². The van der Waals surface area contributed by atoms with Gasteiger partial charge in [-0.05, 0) is 37.1 Å². The molecule has 10 heavy (non-hydrogen) atoms. The quantitative estimate of drug-likeness (QED) is 0.542. The predicted octanol–water partition coefficient (Wildman–Crippen LogP) is 1.80. The van der Waals surface area contributed by atoms with Gasteiger partial charge in [0.2, 0.25) is 0 Å². The van der Waals surface area contributed by atoms with Gasteiger partial charge in [0.25, 0.3) is 0 Å². The topological polar surface area (TPSA) is 49.8 Å². The lowest BCUT2D eigenvalue weighted by Gasteiger charge is -2.02. The zero-order chi connectivity index (χ0) is 7.72. The van der Waals surface area contributed by atoms with Crippen molar-refractivity contribution in [3.8, 4) is 0 Å². The lowest BCUT2D eigenvalue weighted by atomic mass is 10.1. The third-order valence-corrected chi connectivity index (χ3v) is 1.67. The van der Waals surface area contributed by atoms with E-state index in [1.807, 2.05) is 19.9 Å².